The average Bonchev–Trinajstić information content (AvgIpc) is 2.72. The number of phosphoric acid groups is 1. The number of aliphatic hydroxyl groups excluding tert-OH is 1. The zero-order valence-electron chi connectivity index (χ0n) is 18.6. The Hall–Kier alpha value is -1.03. The molecule has 11 heteroatoms. The summed E-state index contributed by atoms with van der Waals surface area (Å²) in [5.41, 5.74) is 5.14. The number of phosphoric ester groups is 1. The van der Waals surface area contributed by atoms with E-state index in [0.29, 0.717) is 6.42 Å². The highest BCUT2D eigenvalue weighted by molar-refractivity contribution is 7.47. The lowest BCUT2D eigenvalue weighted by atomic mass is 10.1. The molecular formula is C20H40NO9P. The van der Waals surface area contributed by atoms with Gasteiger partial charge < -0.3 is 25.6 Å². The topological polar surface area (TPSA) is 166 Å². The van der Waals surface area contributed by atoms with Gasteiger partial charge in [-0.3, -0.25) is 18.6 Å². The second kappa shape index (κ2) is 18.5. The van der Waals surface area contributed by atoms with Gasteiger partial charge in [-0.25, -0.2) is 4.57 Å². The number of rotatable bonds is 21. The molecule has 0 rings (SSSR count). The lowest BCUT2D eigenvalue weighted by Gasteiger charge is -2.16. The molecule has 31 heavy (non-hydrogen) atoms. The predicted molar refractivity (Wildman–Crippen MR) is 115 cm³/mol. The van der Waals surface area contributed by atoms with Crippen molar-refractivity contribution in [3.63, 3.8) is 0 Å². The molecule has 0 aromatic rings. The molecule has 0 aromatic heterocycles. The molecular weight excluding hydrogens is 429 g/mol. The fourth-order valence-electron chi connectivity index (χ4n) is 2.71. The molecule has 0 saturated heterocycles. The third-order valence-electron chi connectivity index (χ3n) is 4.59. The Labute approximate surface area is 185 Å². The van der Waals surface area contributed by atoms with E-state index in [1.165, 1.54) is 51.4 Å². The van der Waals surface area contributed by atoms with Crippen LogP contribution in [0, 0.1) is 0 Å². The third-order valence-corrected chi connectivity index (χ3v) is 5.54. The van der Waals surface area contributed by atoms with Crippen molar-refractivity contribution in [3.05, 3.63) is 0 Å². The average molecular weight is 470 g/mol. The van der Waals surface area contributed by atoms with Gasteiger partial charge in [0.2, 0.25) is 0 Å². The van der Waals surface area contributed by atoms with E-state index in [0.717, 1.165) is 12.8 Å². The zero-order chi connectivity index (χ0) is 23.5. The first-order chi connectivity index (χ1) is 14.7. The number of ether oxygens (including phenoxy) is 1. The second-order valence-electron chi connectivity index (χ2n) is 7.63. The van der Waals surface area contributed by atoms with Crippen LogP contribution in [-0.2, 0) is 27.9 Å². The number of unbranched alkanes of at least 4 members (excludes halogenated alkanes) is 10. The Kier molecular flexibility index (Phi) is 17.9. The van der Waals surface area contributed by atoms with E-state index < -0.39 is 45.1 Å². The highest BCUT2D eigenvalue weighted by atomic mass is 31.2. The van der Waals surface area contributed by atoms with Crippen LogP contribution in [0.3, 0.4) is 0 Å². The van der Waals surface area contributed by atoms with Gasteiger partial charge in [-0.05, 0) is 6.42 Å². The summed E-state index contributed by atoms with van der Waals surface area (Å²) in [4.78, 5) is 31.6. The van der Waals surface area contributed by atoms with Crippen molar-refractivity contribution in [1.82, 2.24) is 0 Å². The number of carbonyl (C=O) groups is 2. The summed E-state index contributed by atoms with van der Waals surface area (Å²) >= 11 is 0. The van der Waals surface area contributed by atoms with Crippen molar-refractivity contribution in [1.29, 1.82) is 0 Å². The van der Waals surface area contributed by atoms with Crippen LogP contribution in [-0.4, -0.2) is 59.0 Å². The van der Waals surface area contributed by atoms with Crippen molar-refractivity contribution in [2.75, 3.05) is 19.8 Å². The second-order valence-corrected chi connectivity index (χ2v) is 9.08. The van der Waals surface area contributed by atoms with Crippen molar-refractivity contribution in [2.45, 2.75) is 96.1 Å². The summed E-state index contributed by atoms with van der Waals surface area (Å²) in [6.07, 6.45) is 11.9. The molecule has 0 aliphatic rings. The van der Waals surface area contributed by atoms with Gasteiger partial charge in [0.05, 0.1) is 13.2 Å². The molecule has 5 N–H and O–H groups in total. The maximum absolute atomic E-state index is 11.7. The molecule has 0 bridgehead atoms. The van der Waals surface area contributed by atoms with Gasteiger partial charge in [-0.1, -0.05) is 71.1 Å². The Morgan fingerprint density at radius 1 is 0.871 bits per heavy atom. The van der Waals surface area contributed by atoms with Crippen molar-refractivity contribution in [3.8, 4) is 0 Å². The number of aliphatic carboxylic acids is 1. The lowest BCUT2D eigenvalue weighted by molar-refractivity contribution is -0.147. The standard InChI is InChI=1S/C20H40NO9P/c1-2-3-4-5-6-7-8-9-10-11-12-13-19(23)28-14-17(22)15-29-31(26,27)30-16-18(21)20(24)25/h17-18,22H,2-16,21H2,1H3,(H,24,25)(H,26,27)/t17-,18+/m1/s1. The summed E-state index contributed by atoms with van der Waals surface area (Å²) in [6.45, 7) is 0.476. The number of hydrogen-bond donors (Lipinski definition) is 4. The van der Waals surface area contributed by atoms with Crippen LogP contribution in [0.15, 0.2) is 0 Å². The van der Waals surface area contributed by atoms with Crippen LogP contribution < -0.4 is 5.73 Å². The molecule has 3 atom stereocenters. The fraction of sp³-hybridized carbons (Fsp3) is 0.900. The molecule has 10 nitrogen and oxygen atoms in total. The van der Waals surface area contributed by atoms with Crippen LogP contribution in [0.5, 0.6) is 0 Å². The molecule has 0 saturated carbocycles. The Balaban J connectivity index is 3.66. The van der Waals surface area contributed by atoms with E-state index in [9.17, 15) is 24.2 Å². The number of nitrogens with two attached hydrogens (primary N) is 1. The zero-order valence-corrected chi connectivity index (χ0v) is 19.5. The summed E-state index contributed by atoms with van der Waals surface area (Å²) in [5, 5.41) is 18.3. The van der Waals surface area contributed by atoms with Gasteiger partial charge in [-0.15, -0.1) is 0 Å². The minimum atomic E-state index is -4.57. The van der Waals surface area contributed by atoms with E-state index >= 15 is 0 Å². The first-order valence-electron chi connectivity index (χ1n) is 11.1. The molecule has 0 aliphatic heterocycles. The third kappa shape index (κ3) is 19.4. The first kappa shape index (κ1) is 30.0. The summed E-state index contributed by atoms with van der Waals surface area (Å²) in [5.74, 6) is -1.85. The normalized spacial score (nSPS) is 15.2. The van der Waals surface area contributed by atoms with Gasteiger partial charge >= 0.3 is 19.8 Å². The number of esters is 1. The highest BCUT2D eigenvalue weighted by Crippen LogP contribution is 2.43. The smallest absolute Gasteiger partial charge is 0.472 e. The van der Waals surface area contributed by atoms with E-state index in [1.807, 2.05) is 0 Å². The summed E-state index contributed by atoms with van der Waals surface area (Å²) in [7, 11) is -4.57. The fourth-order valence-corrected chi connectivity index (χ4v) is 3.49. The highest BCUT2D eigenvalue weighted by Gasteiger charge is 2.26. The SMILES string of the molecule is CCCCCCCCCCCCCC(=O)OC[C@@H](O)COP(=O)(O)OC[C@H](N)C(=O)O. The summed E-state index contributed by atoms with van der Waals surface area (Å²) in [6, 6.07) is -1.48. The monoisotopic (exact) mass is 469 g/mol. The Morgan fingerprint density at radius 3 is 1.87 bits per heavy atom. The Morgan fingerprint density at radius 2 is 1.35 bits per heavy atom. The minimum absolute atomic E-state index is 0.249. The van der Waals surface area contributed by atoms with E-state index in [1.54, 1.807) is 0 Å². The van der Waals surface area contributed by atoms with E-state index in [4.69, 9.17) is 15.6 Å². The number of carbonyl (C=O) groups excluding carboxylic acids is 1. The van der Waals surface area contributed by atoms with Crippen LogP contribution in [0.1, 0.15) is 84.0 Å². The molecule has 1 unspecified atom stereocenters. The van der Waals surface area contributed by atoms with Crippen molar-refractivity contribution in [2.24, 2.45) is 5.73 Å². The number of carboxylic acid groups (broad SMARTS) is 1. The molecule has 0 radical (unpaired) electrons. The number of hydrogen-bond acceptors (Lipinski definition) is 8. The summed E-state index contributed by atoms with van der Waals surface area (Å²) < 4.78 is 25.4. The van der Waals surface area contributed by atoms with Crippen LogP contribution in [0.2, 0.25) is 0 Å². The quantitative estimate of drug-likeness (QED) is 0.111. The minimum Gasteiger partial charge on any atom is -0.480 e. The number of aliphatic hydroxyl groups is 1. The molecule has 0 heterocycles. The van der Waals surface area contributed by atoms with Gasteiger partial charge in [0.1, 0.15) is 18.8 Å². The number of carboxylic acids is 1. The van der Waals surface area contributed by atoms with Crippen LogP contribution >= 0.6 is 7.82 Å². The lowest BCUT2D eigenvalue weighted by Crippen LogP contribution is -2.34. The molecule has 0 spiro atoms. The van der Waals surface area contributed by atoms with Gasteiger partial charge in [-0.2, -0.15) is 0 Å². The van der Waals surface area contributed by atoms with E-state index in [2.05, 4.69) is 16.0 Å². The Bertz CT molecular complexity index is 533. The molecule has 184 valence electrons. The van der Waals surface area contributed by atoms with E-state index in [-0.39, 0.29) is 13.0 Å². The maximum atomic E-state index is 11.7. The molecule has 0 aromatic carbocycles. The van der Waals surface area contributed by atoms with Crippen molar-refractivity contribution < 1.29 is 43.0 Å². The predicted octanol–water partition coefficient (Wildman–Crippen LogP) is 3.14. The molecule has 0 amide bonds. The largest absolute Gasteiger partial charge is 0.480 e. The van der Waals surface area contributed by atoms with Gasteiger partial charge in [0, 0.05) is 6.42 Å². The van der Waals surface area contributed by atoms with Crippen molar-refractivity contribution >= 4 is 19.8 Å². The molecule has 0 fully saturated rings. The van der Waals surface area contributed by atoms with Crippen LogP contribution in [0.25, 0.3) is 0 Å². The van der Waals surface area contributed by atoms with Gasteiger partial charge in [0.25, 0.3) is 0 Å². The van der Waals surface area contributed by atoms with Gasteiger partial charge in [0.15, 0.2) is 0 Å². The molecule has 0 aliphatic carbocycles. The van der Waals surface area contributed by atoms with Crippen LogP contribution in [0.4, 0.5) is 0 Å². The maximum Gasteiger partial charge on any atom is 0.472 e. The first-order valence-corrected chi connectivity index (χ1v) is 12.6.